The number of hydrogen-bond acceptors (Lipinski definition) is 1. The highest BCUT2D eigenvalue weighted by Gasteiger charge is 2.11. The van der Waals surface area contributed by atoms with Gasteiger partial charge in [0.05, 0.1) is 5.56 Å². The second-order valence-electron chi connectivity index (χ2n) is 2.39. The third kappa shape index (κ3) is 1.80. The van der Waals surface area contributed by atoms with Crippen molar-refractivity contribution in [2.24, 2.45) is 5.73 Å². The molecular formula is C8H7BrINO. The number of carbonyl (C=O) groups is 1. The fraction of sp³-hybridized carbons (Fsp3) is 0.125. The van der Waals surface area contributed by atoms with Crippen molar-refractivity contribution < 1.29 is 4.79 Å². The van der Waals surface area contributed by atoms with Crippen LogP contribution in [-0.4, -0.2) is 5.91 Å². The van der Waals surface area contributed by atoms with Crippen LogP contribution >= 0.6 is 38.5 Å². The first-order chi connectivity index (χ1) is 5.54. The molecule has 0 bridgehead atoms. The molecule has 0 aromatic heterocycles. The quantitative estimate of drug-likeness (QED) is 0.785. The lowest BCUT2D eigenvalue weighted by molar-refractivity contribution is 0.0999. The lowest BCUT2D eigenvalue weighted by Crippen LogP contribution is -2.14. The van der Waals surface area contributed by atoms with Crippen LogP contribution in [0.5, 0.6) is 0 Å². The predicted octanol–water partition coefficient (Wildman–Crippen LogP) is 2.46. The van der Waals surface area contributed by atoms with E-state index in [1.807, 2.05) is 19.1 Å². The fourth-order valence-electron chi connectivity index (χ4n) is 0.956. The fourth-order valence-corrected chi connectivity index (χ4v) is 2.03. The first kappa shape index (κ1) is 9.98. The standard InChI is InChI=1S/C8H7BrINO/c1-4-6(10)3-2-5(9)7(4)8(11)12/h2-3H,1H3,(H2,11,12). The van der Waals surface area contributed by atoms with Crippen molar-refractivity contribution in [1.82, 2.24) is 0 Å². The summed E-state index contributed by atoms with van der Waals surface area (Å²) in [5.74, 6) is -0.391. The molecule has 1 aromatic rings. The molecule has 0 saturated carbocycles. The van der Waals surface area contributed by atoms with Crippen LogP contribution in [-0.2, 0) is 0 Å². The molecule has 0 aliphatic rings. The summed E-state index contributed by atoms with van der Waals surface area (Å²) < 4.78 is 1.80. The SMILES string of the molecule is Cc1c(I)ccc(Br)c1C(N)=O. The van der Waals surface area contributed by atoms with Gasteiger partial charge in [0, 0.05) is 8.04 Å². The molecule has 0 saturated heterocycles. The summed E-state index contributed by atoms with van der Waals surface area (Å²) in [6, 6.07) is 3.77. The summed E-state index contributed by atoms with van der Waals surface area (Å²) >= 11 is 5.45. The van der Waals surface area contributed by atoms with Crippen LogP contribution in [0.4, 0.5) is 0 Å². The molecule has 64 valence electrons. The van der Waals surface area contributed by atoms with E-state index in [0.29, 0.717) is 5.56 Å². The molecule has 1 amide bonds. The van der Waals surface area contributed by atoms with Crippen molar-refractivity contribution in [2.45, 2.75) is 6.92 Å². The van der Waals surface area contributed by atoms with Gasteiger partial charge in [-0.05, 0) is 63.1 Å². The molecule has 0 spiro atoms. The third-order valence-corrected chi connectivity index (χ3v) is 3.42. The second kappa shape index (κ2) is 3.74. The Balaban J connectivity index is 3.43. The van der Waals surface area contributed by atoms with Gasteiger partial charge in [-0.15, -0.1) is 0 Å². The molecule has 0 aliphatic carbocycles. The van der Waals surface area contributed by atoms with Crippen LogP contribution in [0, 0.1) is 10.5 Å². The Morgan fingerprint density at radius 3 is 2.58 bits per heavy atom. The molecule has 0 aliphatic heterocycles. The minimum atomic E-state index is -0.391. The van der Waals surface area contributed by atoms with Gasteiger partial charge in [0.15, 0.2) is 0 Å². The zero-order valence-electron chi connectivity index (χ0n) is 6.40. The topological polar surface area (TPSA) is 43.1 Å². The number of halogens is 2. The van der Waals surface area contributed by atoms with Gasteiger partial charge < -0.3 is 5.73 Å². The number of hydrogen-bond donors (Lipinski definition) is 1. The Kier molecular flexibility index (Phi) is 3.11. The van der Waals surface area contributed by atoms with Crippen LogP contribution in [0.15, 0.2) is 16.6 Å². The van der Waals surface area contributed by atoms with Crippen molar-refractivity contribution in [2.75, 3.05) is 0 Å². The molecule has 4 heteroatoms. The number of carbonyl (C=O) groups excluding carboxylic acids is 1. The van der Waals surface area contributed by atoms with Crippen LogP contribution in [0.1, 0.15) is 15.9 Å². The zero-order chi connectivity index (χ0) is 9.30. The van der Waals surface area contributed by atoms with E-state index in [0.717, 1.165) is 13.6 Å². The van der Waals surface area contributed by atoms with Gasteiger partial charge in [-0.25, -0.2) is 0 Å². The zero-order valence-corrected chi connectivity index (χ0v) is 10.1. The normalized spacial score (nSPS) is 9.92. The smallest absolute Gasteiger partial charge is 0.250 e. The number of benzene rings is 1. The van der Waals surface area contributed by atoms with E-state index in [1.165, 1.54) is 0 Å². The first-order valence-electron chi connectivity index (χ1n) is 3.28. The van der Waals surface area contributed by atoms with Gasteiger partial charge in [-0.2, -0.15) is 0 Å². The maximum atomic E-state index is 11.0. The second-order valence-corrected chi connectivity index (χ2v) is 4.41. The molecule has 2 nitrogen and oxygen atoms in total. The highest BCUT2D eigenvalue weighted by molar-refractivity contribution is 14.1. The van der Waals surface area contributed by atoms with Crippen molar-refractivity contribution >= 4 is 44.4 Å². The Morgan fingerprint density at radius 1 is 1.58 bits per heavy atom. The Hall–Kier alpha value is -0.100. The average Bonchev–Trinajstić information content (AvgIpc) is 1.97. The lowest BCUT2D eigenvalue weighted by Gasteiger charge is -2.05. The molecule has 0 fully saturated rings. The summed E-state index contributed by atoms with van der Waals surface area (Å²) in [5.41, 5.74) is 6.71. The maximum absolute atomic E-state index is 11.0. The molecule has 0 radical (unpaired) electrons. The summed E-state index contributed by atoms with van der Waals surface area (Å²) in [7, 11) is 0. The predicted molar refractivity (Wildman–Crippen MR) is 60.1 cm³/mol. The molecule has 1 rings (SSSR count). The Labute approximate surface area is 92.8 Å². The van der Waals surface area contributed by atoms with Crippen LogP contribution in [0.25, 0.3) is 0 Å². The maximum Gasteiger partial charge on any atom is 0.250 e. The Bertz CT molecular complexity index is 338. The summed E-state index contributed by atoms with van der Waals surface area (Å²) in [6.07, 6.45) is 0. The van der Waals surface area contributed by atoms with Gasteiger partial charge in [0.1, 0.15) is 0 Å². The van der Waals surface area contributed by atoms with Crippen LogP contribution in [0.2, 0.25) is 0 Å². The van der Waals surface area contributed by atoms with Crippen molar-refractivity contribution in [3.8, 4) is 0 Å². The van der Waals surface area contributed by atoms with Gasteiger partial charge in [-0.3, -0.25) is 4.79 Å². The molecule has 0 heterocycles. The molecule has 0 atom stereocenters. The lowest BCUT2D eigenvalue weighted by atomic mass is 10.1. The van der Waals surface area contributed by atoms with Gasteiger partial charge in [0.25, 0.3) is 0 Å². The highest BCUT2D eigenvalue weighted by Crippen LogP contribution is 2.23. The number of nitrogens with two attached hydrogens (primary N) is 1. The van der Waals surface area contributed by atoms with Gasteiger partial charge >= 0.3 is 0 Å². The van der Waals surface area contributed by atoms with E-state index in [4.69, 9.17) is 5.73 Å². The monoisotopic (exact) mass is 339 g/mol. The molecule has 0 unspecified atom stereocenters. The minimum absolute atomic E-state index is 0.391. The van der Waals surface area contributed by atoms with Crippen molar-refractivity contribution in [3.05, 3.63) is 31.3 Å². The molecule has 2 N–H and O–H groups in total. The number of rotatable bonds is 1. The van der Waals surface area contributed by atoms with E-state index in [1.54, 1.807) is 0 Å². The number of amides is 1. The average molecular weight is 340 g/mol. The van der Waals surface area contributed by atoms with E-state index in [2.05, 4.69) is 38.5 Å². The molecule has 12 heavy (non-hydrogen) atoms. The largest absolute Gasteiger partial charge is 0.366 e. The van der Waals surface area contributed by atoms with Crippen molar-refractivity contribution in [3.63, 3.8) is 0 Å². The minimum Gasteiger partial charge on any atom is -0.366 e. The van der Waals surface area contributed by atoms with E-state index >= 15 is 0 Å². The third-order valence-electron chi connectivity index (χ3n) is 1.59. The summed E-state index contributed by atoms with van der Waals surface area (Å²) in [4.78, 5) is 11.0. The molecule has 1 aromatic carbocycles. The van der Waals surface area contributed by atoms with Gasteiger partial charge in [0.2, 0.25) is 5.91 Å². The molecular weight excluding hydrogens is 333 g/mol. The van der Waals surface area contributed by atoms with Crippen LogP contribution < -0.4 is 5.73 Å². The summed E-state index contributed by atoms with van der Waals surface area (Å²) in [6.45, 7) is 1.88. The van der Waals surface area contributed by atoms with Gasteiger partial charge in [-0.1, -0.05) is 0 Å². The van der Waals surface area contributed by atoms with E-state index in [-0.39, 0.29) is 0 Å². The number of primary amides is 1. The van der Waals surface area contributed by atoms with Crippen LogP contribution in [0.3, 0.4) is 0 Å². The highest BCUT2D eigenvalue weighted by atomic mass is 127. The first-order valence-corrected chi connectivity index (χ1v) is 5.15. The van der Waals surface area contributed by atoms with E-state index in [9.17, 15) is 4.79 Å². The van der Waals surface area contributed by atoms with E-state index < -0.39 is 5.91 Å². The summed E-state index contributed by atoms with van der Waals surface area (Å²) in [5, 5.41) is 0. The Morgan fingerprint density at radius 2 is 2.17 bits per heavy atom. The van der Waals surface area contributed by atoms with Crippen molar-refractivity contribution in [1.29, 1.82) is 0 Å².